The van der Waals surface area contributed by atoms with Crippen molar-refractivity contribution in [2.45, 2.75) is 6.92 Å². The van der Waals surface area contributed by atoms with Gasteiger partial charge in [0.15, 0.2) is 23.9 Å². The maximum absolute atomic E-state index is 11.9. The number of non-ortho nitro benzene ring substituents is 1. The van der Waals surface area contributed by atoms with E-state index in [4.69, 9.17) is 9.47 Å². The van der Waals surface area contributed by atoms with E-state index in [0.717, 1.165) is 18.3 Å². The number of carbonyl (C=O) groups is 1. The largest absolute Gasteiger partial charge is 0.504 e. The molecule has 0 aliphatic heterocycles. The molecule has 0 fully saturated rings. The van der Waals surface area contributed by atoms with E-state index >= 15 is 0 Å². The molecule has 0 radical (unpaired) electrons. The van der Waals surface area contributed by atoms with Crippen LogP contribution in [0.4, 0.5) is 11.4 Å². The third-order valence-electron chi connectivity index (χ3n) is 3.47. The third-order valence-corrected chi connectivity index (χ3v) is 3.96. The fourth-order valence-electron chi connectivity index (χ4n) is 2.19. The summed E-state index contributed by atoms with van der Waals surface area (Å²) in [6.45, 7) is 1.23. The van der Waals surface area contributed by atoms with Gasteiger partial charge in [-0.3, -0.25) is 25.0 Å². The van der Waals surface area contributed by atoms with Crippen LogP contribution in [0.25, 0.3) is 0 Å². The Morgan fingerprint density at radius 2 is 1.93 bits per heavy atom. The highest BCUT2D eigenvalue weighted by Gasteiger charge is 2.18. The second-order valence-electron chi connectivity index (χ2n) is 5.52. The van der Waals surface area contributed by atoms with Crippen molar-refractivity contribution in [2.24, 2.45) is 5.10 Å². The lowest BCUT2D eigenvalue weighted by atomic mass is 10.1. The molecule has 13 heteroatoms. The topological polar surface area (TPSA) is 166 Å². The van der Waals surface area contributed by atoms with Crippen molar-refractivity contribution < 1.29 is 29.2 Å². The normalized spacial score (nSPS) is 10.6. The Morgan fingerprint density at radius 1 is 1.20 bits per heavy atom. The highest BCUT2D eigenvalue weighted by molar-refractivity contribution is 9.10. The Balaban J connectivity index is 2.06. The number of halogens is 1. The van der Waals surface area contributed by atoms with Gasteiger partial charge in [0.1, 0.15) is 0 Å². The molecule has 0 saturated carbocycles. The van der Waals surface area contributed by atoms with E-state index in [2.05, 4.69) is 26.5 Å². The smallest absolute Gasteiger partial charge is 0.312 e. The molecule has 0 atom stereocenters. The summed E-state index contributed by atoms with van der Waals surface area (Å²) in [7, 11) is 0. The quantitative estimate of drug-likeness (QED) is 0.312. The van der Waals surface area contributed by atoms with Gasteiger partial charge in [-0.2, -0.15) is 5.10 Å². The molecule has 2 aromatic rings. The van der Waals surface area contributed by atoms with E-state index < -0.39 is 22.4 Å². The number of nitrogens with one attached hydrogen (secondary N) is 1. The summed E-state index contributed by atoms with van der Waals surface area (Å²) in [4.78, 5) is 32.6. The summed E-state index contributed by atoms with van der Waals surface area (Å²) < 4.78 is 10.7. The van der Waals surface area contributed by atoms with E-state index in [0.29, 0.717) is 4.47 Å². The van der Waals surface area contributed by atoms with E-state index in [-0.39, 0.29) is 40.8 Å². The van der Waals surface area contributed by atoms with Crippen LogP contribution in [0.2, 0.25) is 0 Å². The predicted molar refractivity (Wildman–Crippen MR) is 108 cm³/mol. The Morgan fingerprint density at radius 3 is 2.57 bits per heavy atom. The Hall–Kier alpha value is -3.74. The van der Waals surface area contributed by atoms with Gasteiger partial charge in [0.25, 0.3) is 11.6 Å². The average molecular weight is 483 g/mol. The molecule has 0 bridgehead atoms. The summed E-state index contributed by atoms with van der Waals surface area (Å²) in [5.41, 5.74) is 1.37. The molecule has 0 aliphatic rings. The highest BCUT2D eigenvalue weighted by Crippen LogP contribution is 2.34. The second-order valence-corrected chi connectivity index (χ2v) is 6.44. The molecule has 0 spiro atoms. The number of nitrogens with zero attached hydrogens (tertiary/aromatic N) is 3. The number of hydrogen-bond donors (Lipinski definition) is 2. The number of nitro groups is 2. The molecule has 2 rings (SSSR count). The number of phenolic OH excluding ortho intramolecular Hbond substituents is 1. The van der Waals surface area contributed by atoms with Crippen molar-refractivity contribution >= 4 is 39.4 Å². The zero-order valence-corrected chi connectivity index (χ0v) is 17.0. The van der Waals surface area contributed by atoms with Gasteiger partial charge in [-0.15, -0.1) is 0 Å². The molecular weight excluding hydrogens is 468 g/mol. The molecule has 2 aromatic carbocycles. The van der Waals surface area contributed by atoms with Crippen LogP contribution in [0.5, 0.6) is 17.2 Å². The van der Waals surface area contributed by atoms with E-state index in [1.54, 1.807) is 6.92 Å². The number of hydrogen-bond acceptors (Lipinski definition) is 9. The van der Waals surface area contributed by atoms with Crippen LogP contribution in [-0.4, -0.2) is 40.3 Å². The lowest BCUT2D eigenvalue weighted by Gasteiger charge is -2.08. The first-order valence-corrected chi connectivity index (χ1v) is 9.05. The first kappa shape index (κ1) is 22.5. The van der Waals surface area contributed by atoms with Gasteiger partial charge < -0.3 is 14.6 Å². The first-order chi connectivity index (χ1) is 14.2. The lowest BCUT2D eigenvalue weighted by molar-refractivity contribution is -0.385. The number of carbonyl (C=O) groups excluding carboxylic acids is 1. The Kier molecular flexibility index (Phi) is 7.63. The first-order valence-electron chi connectivity index (χ1n) is 8.25. The molecule has 0 saturated heterocycles. The van der Waals surface area contributed by atoms with Crippen LogP contribution in [0.3, 0.4) is 0 Å². The maximum Gasteiger partial charge on any atom is 0.312 e. The zero-order valence-electron chi connectivity index (χ0n) is 15.4. The van der Waals surface area contributed by atoms with E-state index in [9.17, 15) is 30.1 Å². The number of amides is 1. The maximum atomic E-state index is 11.9. The number of hydrazone groups is 1. The Labute approximate surface area is 177 Å². The molecule has 12 nitrogen and oxygen atoms in total. The van der Waals surface area contributed by atoms with Gasteiger partial charge >= 0.3 is 5.69 Å². The fraction of sp³-hybridized carbons (Fsp3) is 0.176. The number of rotatable bonds is 9. The molecule has 0 unspecified atom stereocenters. The lowest BCUT2D eigenvalue weighted by Crippen LogP contribution is -2.24. The van der Waals surface area contributed by atoms with Gasteiger partial charge in [0.2, 0.25) is 0 Å². The zero-order chi connectivity index (χ0) is 22.3. The number of ether oxygens (including phenoxy) is 2. The summed E-state index contributed by atoms with van der Waals surface area (Å²) in [6, 6.07) is 6.18. The molecule has 30 heavy (non-hydrogen) atoms. The van der Waals surface area contributed by atoms with Crippen molar-refractivity contribution in [1.29, 1.82) is 0 Å². The summed E-state index contributed by atoms with van der Waals surface area (Å²) in [6.07, 6.45) is 0.991. The molecule has 158 valence electrons. The minimum atomic E-state index is -0.751. The predicted octanol–water partition coefficient (Wildman–Crippen LogP) is 2.90. The van der Waals surface area contributed by atoms with Gasteiger partial charge in [0.05, 0.1) is 28.7 Å². The SMILES string of the molecule is CCOc1cc([N+](=O)[O-])cc(/C=N\NC(=O)COc2ccc(Br)cc2[N+](=O)[O-])c1O. The minimum absolute atomic E-state index is 0.0579. The van der Waals surface area contributed by atoms with Crippen LogP contribution < -0.4 is 14.9 Å². The van der Waals surface area contributed by atoms with Gasteiger partial charge in [-0.25, -0.2) is 5.43 Å². The van der Waals surface area contributed by atoms with Crippen LogP contribution in [0, 0.1) is 20.2 Å². The van der Waals surface area contributed by atoms with Gasteiger partial charge in [-0.05, 0) is 19.1 Å². The highest BCUT2D eigenvalue weighted by atomic mass is 79.9. The fourth-order valence-corrected chi connectivity index (χ4v) is 2.54. The van der Waals surface area contributed by atoms with Crippen molar-refractivity contribution in [1.82, 2.24) is 5.43 Å². The third kappa shape index (κ3) is 5.88. The number of benzene rings is 2. The molecule has 1 amide bonds. The number of aromatic hydroxyl groups is 1. The molecular formula is C17H15BrN4O8. The standard InChI is InChI=1S/C17H15BrN4O8/c1-2-29-15-7-12(21(25)26)5-10(17(15)24)8-19-20-16(23)9-30-14-4-3-11(18)6-13(14)22(27)28/h3-8,24H,2,9H2,1H3,(H,20,23)/b19-8-. The van der Waals surface area contributed by atoms with Gasteiger partial charge in [0, 0.05) is 22.2 Å². The summed E-state index contributed by atoms with van der Waals surface area (Å²) >= 11 is 3.11. The Bertz CT molecular complexity index is 1010. The van der Waals surface area contributed by atoms with E-state index in [1.165, 1.54) is 18.2 Å². The van der Waals surface area contributed by atoms with E-state index in [1.807, 2.05) is 0 Å². The van der Waals surface area contributed by atoms with Crippen LogP contribution in [0.15, 0.2) is 39.9 Å². The summed E-state index contributed by atoms with van der Waals surface area (Å²) in [5.74, 6) is -1.36. The molecule has 2 N–H and O–H groups in total. The van der Waals surface area contributed by atoms with Crippen molar-refractivity contribution in [3.63, 3.8) is 0 Å². The van der Waals surface area contributed by atoms with Gasteiger partial charge in [-0.1, -0.05) is 15.9 Å². The van der Waals surface area contributed by atoms with Crippen LogP contribution >= 0.6 is 15.9 Å². The molecule has 0 heterocycles. The molecule has 0 aromatic heterocycles. The monoisotopic (exact) mass is 482 g/mol. The van der Waals surface area contributed by atoms with Crippen LogP contribution in [0.1, 0.15) is 12.5 Å². The average Bonchev–Trinajstić information content (AvgIpc) is 2.69. The van der Waals surface area contributed by atoms with Crippen molar-refractivity contribution in [2.75, 3.05) is 13.2 Å². The second kappa shape index (κ2) is 10.2. The van der Waals surface area contributed by atoms with Crippen LogP contribution in [-0.2, 0) is 4.79 Å². The van der Waals surface area contributed by atoms with Crippen molar-refractivity contribution in [3.05, 3.63) is 60.6 Å². The number of phenols is 1. The van der Waals surface area contributed by atoms with Crippen molar-refractivity contribution in [3.8, 4) is 17.2 Å². The molecule has 0 aliphatic carbocycles. The summed E-state index contributed by atoms with van der Waals surface area (Å²) in [5, 5.41) is 35.7. The number of nitro benzene ring substituents is 2. The minimum Gasteiger partial charge on any atom is -0.504 e.